The highest BCUT2D eigenvalue weighted by molar-refractivity contribution is 8.02. The number of carbonyl (C=O) groups is 3. The van der Waals surface area contributed by atoms with E-state index in [0.29, 0.717) is 29.1 Å². The second kappa shape index (κ2) is 8.77. The Morgan fingerprint density at radius 2 is 1.75 bits per heavy atom. The van der Waals surface area contributed by atoms with Crippen molar-refractivity contribution in [3.63, 3.8) is 0 Å². The molecule has 1 saturated heterocycles. The summed E-state index contributed by atoms with van der Waals surface area (Å²) in [5.41, 5.74) is 7.88. The largest absolute Gasteiger partial charge is 1.00 e. The summed E-state index contributed by atoms with van der Waals surface area (Å²) in [6.07, 6.45) is 0. The minimum Gasteiger partial charge on any atom is -1.00 e. The first-order chi connectivity index (χ1) is 16.9. The van der Waals surface area contributed by atoms with Crippen LogP contribution in [0.3, 0.4) is 0 Å². The molecule has 8 nitrogen and oxygen atoms in total. The molecule has 0 saturated carbocycles. The molecule has 4 N–H and O–H groups in total. The molecule has 10 heteroatoms. The maximum Gasteiger partial charge on any atom is 0.261 e. The molecule has 184 valence electrons. The van der Waals surface area contributed by atoms with Crippen LogP contribution in [0, 0.1) is 0 Å². The normalized spacial score (nSPS) is 24.8. The molecule has 1 aliphatic carbocycles. The van der Waals surface area contributed by atoms with E-state index in [1.165, 1.54) is 11.9 Å². The van der Waals surface area contributed by atoms with Crippen LogP contribution in [-0.2, 0) is 4.79 Å². The van der Waals surface area contributed by atoms with E-state index in [2.05, 4.69) is 10.6 Å². The number of Topliss-reactive ketones (excluding diaryl/α,β-unsaturated/α-hetero) is 3. The lowest BCUT2D eigenvalue weighted by atomic mass is 9.76. The molecule has 0 radical (unpaired) electrons. The third-order valence-electron chi connectivity index (χ3n) is 7.05. The number of fused-ring (bicyclic) bond motifs is 3. The predicted octanol–water partition coefficient (Wildman–Crippen LogP) is -1.05. The number of amidine groups is 1. The van der Waals surface area contributed by atoms with Crippen molar-refractivity contribution < 1.29 is 42.9 Å². The molecule has 0 aromatic heterocycles. The minimum absolute atomic E-state index is 0. The van der Waals surface area contributed by atoms with Gasteiger partial charge in [-0.25, -0.2) is 4.58 Å². The van der Waals surface area contributed by atoms with E-state index in [4.69, 9.17) is 5.73 Å². The van der Waals surface area contributed by atoms with Gasteiger partial charge in [0.15, 0.2) is 17.7 Å². The molecule has 2 unspecified atom stereocenters. The number of benzene rings is 2. The van der Waals surface area contributed by atoms with Gasteiger partial charge in [-0.1, -0.05) is 42.5 Å². The van der Waals surface area contributed by atoms with Crippen LogP contribution in [-0.4, -0.2) is 51.8 Å². The van der Waals surface area contributed by atoms with Gasteiger partial charge in [0, 0.05) is 18.1 Å². The fraction of sp³-hybridized carbons (Fsp3) is 0.231. The average molecular weight is 613 g/mol. The number of dihydropyridines is 1. The number of nitrogens with zero attached hydrogens (tertiary/aromatic N) is 2. The molecule has 0 amide bonds. The first kappa shape index (κ1) is 24.6. The molecule has 3 aliphatic heterocycles. The number of ketones is 3. The van der Waals surface area contributed by atoms with Crippen molar-refractivity contribution in [1.29, 1.82) is 0 Å². The SMILES string of the molecule is CC[N+]1=C(C)NC2(C(=O)CSN2c2ccccc2)C2=C1NC1C(=O)c3ccccc3C(=O)C1=C2N.[I-]. The Morgan fingerprint density at radius 1 is 1.08 bits per heavy atom. The second-order valence-electron chi connectivity index (χ2n) is 8.86. The lowest BCUT2D eigenvalue weighted by Crippen LogP contribution is -3.00. The Labute approximate surface area is 229 Å². The molecule has 0 bridgehead atoms. The van der Waals surface area contributed by atoms with Gasteiger partial charge < -0.3 is 29.7 Å². The highest BCUT2D eigenvalue weighted by atomic mass is 127. The smallest absolute Gasteiger partial charge is 0.261 e. The van der Waals surface area contributed by atoms with E-state index in [1.54, 1.807) is 24.3 Å². The quantitative estimate of drug-likeness (QED) is 0.224. The zero-order valence-corrected chi connectivity index (χ0v) is 22.6. The Balaban J connectivity index is 0.00000267. The maximum atomic E-state index is 13.7. The topological polar surface area (TPSA) is 108 Å². The number of halogens is 1. The third-order valence-corrected chi connectivity index (χ3v) is 8.18. The highest BCUT2D eigenvalue weighted by Gasteiger charge is 2.63. The van der Waals surface area contributed by atoms with E-state index >= 15 is 0 Å². The number of carbonyl (C=O) groups excluding carboxylic acids is 3. The summed E-state index contributed by atoms with van der Waals surface area (Å²) < 4.78 is 3.89. The van der Waals surface area contributed by atoms with E-state index in [-0.39, 0.29) is 58.3 Å². The average Bonchev–Trinajstić information content (AvgIpc) is 3.18. The molecule has 1 fully saturated rings. The van der Waals surface area contributed by atoms with Crippen LogP contribution >= 0.6 is 11.9 Å². The van der Waals surface area contributed by atoms with Crippen molar-refractivity contribution in [3.8, 4) is 0 Å². The van der Waals surface area contributed by atoms with Gasteiger partial charge in [0.2, 0.25) is 17.4 Å². The van der Waals surface area contributed by atoms with Crippen LogP contribution in [0.15, 0.2) is 77.3 Å². The zero-order valence-electron chi connectivity index (χ0n) is 19.7. The summed E-state index contributed by atoms with van der Waals surface area (Å²) in [6, 6.07) is 15.5. The number of rotatable bonds is 2. The highest BCUT2D eigenvalue weighted by Crippen LogP contribution is 2.47. The molecule has 6 rings (SSSR count). The summed E-state index contributed by atoms with van der Waals surface area (Å²) >= 11 is 1.39. The van der Waals surface area contributed by atoms with Gasteiger partial charge in [-0.15, -0.1) is 0 Å². The van der Waals surface area contributed by atoms with Crippen molar-refractivity contribution in [2.75, 3.05) is 16.6 Å². The van der Waals surface area contributed by atoms with Gasteiger partial charge in [-0.3, -0.25) is 29.3 Å². The first-order valence-electron chi connectivity index (χ1n) is 11.5. The van der Waals surface area contributed by atoms with Crippen molar-refractivity contribution in [1.82, 2.24) is 10.6 Å². The zero-order chi connectivity index (χ0) is 24.5. The Kier molecular flexibility index (Phi) is 5.98. The summed E-state index contributed by atoms with van der Waals surface area (Å²) in [4.78, 5) is 40.9. The molecular formula is C26H24IN5O3S. The van der Waals surface area contributed by atoms with Gasteiger partial charge in [0.1, 0.15) is 5.57 Å². The standard InChI is InChI=1S/C26H23N5O3S.HI/c1-3-30-14(2)29-26(18(32)13-35-31(26)15-9-5-4-6-10-15)20-21(27)19-22(28-25(20)30)24(34)17-12-8-7-11-16(17)23(19)33;/h4-12,22H,3,13H2,1-2H3,(H3,27,28,33);1H. The molecule has 1 spiro atoms. The number of para-hydroxylation sites is 1. The van der Waals surface area contributed by atoms with Crippen molar-refractivity contribution in [3.05, 3.63) is 88.4 Å². The number of nitrogens with two attached hydrogens (primary N) is 1. The van der Waals surface area contributed by atoms with Crippen molar-refractivity contribution >= 4 is 40.8 Å². The van der Waals surface area contributed by atoms with Crippen LogP contribution in [0.1, 0.15) is 34.6 Å². The van der Waals surface area contributed by atoms with Crippen LogP contribution in [0.2, 0.25) is 0 Å². The molecular weight excluding hydrogens is 589 g/mol. The summed E-state index contributed by atoms with van der Waals surface area (Å²) in [7, 11) is 0. The Bertz CT molecular complexity index is 1430. The predicted molar refractivity (Wildman–Crippen MR) is 134 cm³/mol. The molecule has 2 aromatic carbocycles. The third kappa shape index (κ3) is 3.13. The van der Waals surface area contributed by atoms with Gasteiger partial charge in [-0.2, -0.15) is 0 Å². The molecule has 3 heterocycles. The van der Waals surface area contributed by atoms with Crippen LogP contribution in [0.5, 0.6) is 0 Å². The van der Waals surface area contributed by atoms with E-state index < -0.39 is 11.7 Å². The monoisotopic (exact) mass is 613 g/mol. The second-order valence-corrected chi connectivity index (χ2v) is 9.77. The van der Waals surface area contributed by atoms with Crippen LogP contribution < -0.4 is 44.6 Å². The van der Waals surface area contributed by atoms with Gasteiger partial charge in [0.05, 0.1) is 29.3 Å². The Hall–Kier alpha value is -3.12. The van der Waals surface area contributed by atoms with Gasteiger partial charge >= 0.3 is 0 Å². The summed E-state index contributed by atoms with van der Waals surface area (Å²) in [5.74, 6) is 0.982. The first-order valence-corrected chi connectivity index (χ1v) is 12.4. The minimum atomic E-state index is -1.33. The van der Waals surface area contributed by atoms with E-state index in [1.807, 2.05) is 53.1 Å². The van der Waals surface area contributed by atoms with Crippen LogP contribution in [0.25, 0.3) is 0 Å². The number of hydrogen-bond donors (Lipinski definition) is 3. The van der Waals surface area contributed by atoms with Crippen LogP contribution in [0.4, 0.5) is 5.69 Å². The van der Waals surface area contributed by atoms with Gasteiger partial charge in [-0.05, 0) is 31.0 Å². The summed E-state index contributed by atoms with van der Waals surface area (Å²) in [6.45, 7) is 4.45. The van der Waals surface area contributed by atoms with Gasteiger partial charge in [0.25, 0.3) is 5.66 Å². The fourth-order valence-corrected chi connectivity index (χ4v) is 6.67. The molecule has 36 heavy (non-hydrogen) atoms. The molecule has 4 aliphatic rings. The van der Waals surface area contributed by atoms with Crippen molar-refractivity contribution in [2.24, 2.45) is 5.73 Å². The molecule has 2 aromatic rings. The molecule has 2 atom stereocenters. The lowest BCUT2D eigenvalue weighted by molar-refractivity contribution is -0.486. The Morgan fingerprint density at radius 3 is 2.44 bits per heavy atom. The van der Waals surface area contributed by atoms with Crippen molar-refractivity contribution in [2.45, 2.75) is 25.6 Å². The lowest BCUT2D eigenvalue weighted by Gasteiger charge is -2.44. The number of nitrogens with one attached hydrogen (secondary N) is 2. The van der Waals surface area contributed by atoms with E-state index in [0.717, 1.165) is 11.5 Å². The number of hydrogen-bond acceptors (Lipinski definition) is 8. The fourth-order valence-electron chi connectivity index (χ4n) is 5.51. The summed E-state index contributed by atoms with van der Waals surface area (Å²) in [5, 5.41) is 6.78. The van der Waals surface area contributed by atoms with E-state index in [9.17, 15) is 14.4 Å². The maximum absolute atomic E-state index is 13.7. The number of anilines is 1.